The number of ether oxygens (including phenoxy) is 3. The molecule has 42 heavy (non-hydrogen) atoms. The highest BCUT2D eigenvalue weighted by Gasteiger charge is 2.25. The summed E-state index contributed by atoms with van der Waals surface area (Å²) in [5.41, 5.74) is -0.435. The summed E-state index contributed by atoms with van der Waals surface area (Å²) in [4.78, 5) is 7.23. The molecule has 0 aliphatic rings. The number of terminal acetylenes is 1. The Kier molecular flexibility index (Phi) is 9.09. The van der Waals surface area contributed by atoms with Crippen molar-refractivity contribution in [1.29, 1.82) is 0 Å². The van der Waals surface area contributed by atoms with Gasteiger partial charge in [-0.3, -0.25) is 4.72 Å². The molecule has 15 heteroatoms. The van der Waals surface area contributed by atoms with Crippen LogP contribution in [0.3, 0.4) is 0 Å². The number of hydrogen-bond donors (Lipinski definition) is 1. The van der Waals surface area contributed by atoms with Crippen LogP contribution in [0.25, 0.3) is 11.0 Å². The number of nitrogens with one attached hydrogen (secondary N) is 1. The van der Waals surface area contributed by atoms with Gasteiger partial charge in [0.1, 0.15) is 36.4 Å². The Morgan fingerprint density at radius 1 is 1.12 bits per heavy atom. The molecule has 0 amide bonds. The normalized spacial score (nSPS) is 11.9. The van der Waals surface area contributed by atoms with Crippen LogP contribution in [-0.4, -0.2) is 50.0 Å². The molecule has 0 aliphatic heterocycles. The summed E-state index contributed by atoms with van der Waals surface area (Å²) in [7, 11) is -4.70. The lowest BCUT2D eigenvalue weighted by Gasteiger charge is -2.15. The van der Waals surface area contributed by atoms with Gasteiger partial charge in [0.2, 0.25) is 5.88 Å². The highest BCUT2D eigenvalue weighted by molar-refractivity contribution is 7.92. The Balaban J connectivity index is 1.53. The van der Waals surface area contributed by atoms with Crippen molar-refractivity contribution in [3.05, 3.63) is 65.4 Å². The SMILES string of the molecule is C#Cc1nn(COCC[Si](C)(C)C)c2ncc(OCc3c(F)ccc(NS(=O)(=O)c4cc(F)cnc4OC)c3F)cc12. The van der Waals surface area contributed by atoms with E-state index < -0.39 is 64.2 Å². The number of halogens is 3. The molecule has 0 atom stereocenters. The number of aromatic nitrogens is 4. The van der Waals surface area contributed by atoms with Gasteiger partial charge in [-0.15, -0.1) is 6.42 Å². The molecule has 0 saturated heterocycles. The number of nitrogens with zero attached hydrogens (tertiary/aromatic N) is 4. The van der Waals surface area contributed by atoms with Crippen LogP contribution in [0, 0.1) is 29.8 Å². The fourth-order valence-electron chi connectivity index (χ4n) is 3.76. The quantitative estimate of drug-likeness (QED) is 0.135. The Morgan fingerprint density at radius 2 is 1.88 bits per heavy atom. The fraction of sp³-hybridized carbons (Fsp3) is 0.296. The van der Waals surface area contributed by atoms with Crippen molar-refractivity contribution >= 4 is 34.8 Å². The molecule has 0 bridgehead atoms. The van der Waals surface area contributed by atoms with Gasteiger partial charge >= 0.3 is 0 Å². The minimum atomic E-state index is -4.57. The van der Waals surface area contributed by atoms with E-state index in [0.717, 1.165) is 31.5 Å². The average molecular weight is 620 g/mol. The van der Waals surface area contributed by atoms with Crippen molar-refractivity contribution in [2.24, 2.45) is 0 Å². The minimum Gasteiger partial charge on any atom is -0.487 e. The number of methoxy groups -OCH3 is 1. The summed E-state index contributed by atoms with van der Waals surface area (Å²) in [5.74, 6) is -0.966. The molecule has 0 saturated carbocycles. The molecule has 10 nitrogen and oxygen atoms in total. The van der Waals surface area contributed by atoms with E-state index in [1.807, 2.05) is 4.72 Å². The maximum atomic E-state index is 15.3. The van der Waals surface area contributed by atoms with E-state index >= 15 is 4.39 Å². The zero-order chi connectivity index (χ0) is 30.7. The maximum absolute atomic E-state index is 15.3. The van der Waals surface area contributed by atoms with Crippen molar-refractivity contribution in [3.63, 3.8) is 0 Å². The van der Waals surface area contributed by atoms with E-state index in [1.54, 1.807) is 0 Å². The van der Waals surface area contributed by atoms with Crippen LogP contribution in [0.4, 0.5) is 18.9 Å². The number of benzene rings is 1. The van der Waals surface area contributed by atoms with E-state index in [9.17, 15) is 17.2 Å². The second-order valence-corrected chi connectivity index (χ2v) is 17.6. The molecule has 0 spiro atoms. The van der Waals surface area contributed by atoms with E-state index in [1.165, 1.54) is 16.9 Å². The first kappa shape index (κ1) is 30.8. The van der Waals surface area contributed by atoms with Gasteiger partial charge in [0, 0.05) is 20.7 Å². The minimum absolute atomic E-state index is 0.138. The lowest BCUT2D eigenvalue weighted by molar-refractivity contribution is 0.0812. The Bertz CT molecular complexity index is 1770. The summed E-state index contributed by atoms with van der Waals surface area (Å²) < 4.78 is 89.0. The zero-order valence-corrected chi connectivity index (χ0v) is 25.1. The number of sulfonamides is 1. The molecule has 1 aromatic carbocycles. The third kappa shape index (κ3) is 7.01. The van der Waals surface area contributed by atoms with Crippen molar-refractivity contribution < 1.29 is 35.8 Å². The highest BCUT2D eigenvalue weighted by Crippen LogP contribution is 2.29. The van der Waals surface area contributed by atoms with Gasteiger partial charge < -0.3 is 14.2 Å². The molecule has 0 unspecified atom stereocenters. The summed E-state index contributed by atoms with van der Waals surface area (Å²) in [6, 6.07) is 4.93. The van der Waals surface area contributed by atoms with Crippen LogP contribution in [0.15, 0.2) is 41.6 Å². The van der Waals surface area contributed by atoms with Crippen LogP contribution in [0.5, 0.6) is 11.6 Å². The van der Waals surface area contributed by atoms with Crippen molar-refractivity contribution in [2.45, 2.75) is 43.9 Å². The Morgan fingerprint density at radius 3 is 2.57 bits per heavy atom. The second-order valence-electron chi connectivity index (χ2n) is 10.3. The lowest BCUT2D eigenvalue weighted by atomic mass is 10.2. The van der Waals surface area contributed by atoms with E-state index in [-0.39, 0.29) is 18.2 Å². The molecule has 4 aromatic rings. The average Bonchev–Trinajstić information content (AvgIpc) is 3.29. The number of fused-ring (bicyclic) bond motifs is 1. The maximum Gasteiger partial charge on any atom is 0.267 e. The van der Waals surface area contributed by atoms with Crippen LogP contribution in [0.1, 0.15) is 11.3 Å². The topological polar surface area (TPSA) is 117 Å². The lowest BCUT2D eigenvalue weighted by Crippen LogP contribution is -2.22. The van der Waals surface area contributed by atoms with Gasteiger partial charge in [0.15, 0.2) is 16.4 Å². The first-order chi connectivity index (χ1) is 19.8. The van der Waals surface area contributed by atoms with Gasteiger partial charge in [-0.1, -0.05) is 19.6 Å². The van der Waals surface area contributed by atoms with Crippen LogP contribution in [-0.2, 0) is 28.1 Å². The molecule has 3 aromatic heterocycles. The van der Waals surface area contributed by atoms with Gasteiger partial charge in [-0.25, -0.2) is 36.2 Å². The fourth-order valence-corrected chi connectivity index (χ4v) is 5.71. The molecule has 0 fully saturated rings. The first-order valence-electron chi connectivity index (χ1n) is 12.6. The molecular formula is C27H28F3N5O5SSi. The highest BCUT2D eigenvalue weighted by atomic mass is 32.2. The summed E-state index contributed by atoms with van der Waals surface area (Å²) in [6.45, 7) is 6.83. The smallest absolute Gasteiger partial charge is 0.267 e. The van der Waals surface area contributed by atoms with Gasteiger partial charge in [0.05, 0.1) is 36.1 Å². The van der Waals surface area contributed by atoms with Crippen LogP contribution in [0.2, 0.25) is 25.7 Å². The van der Waals surface area contributed by atoms with Gasteiger partial charge in [-0.05, 0) is 30.2 Å². The second kappa shape index (κ2) is 12.4. The first-order valence-corrected chi connectivity index (χ1v) is 17.7. The number of anilines is 1. The standard InChI is InChI=1S/C27H28F3N5O5SSi/c1-6-22-19-12-18(14-31-26(19)35(33-22)16-39-9-10-42(3,4)5)40-15-20-21(29)7-8-23(25(20)30)34-41(36,37)24-11-17(28)13-32-27(24)38-2/h1,7-8,11-14,34H,9-10,15-16H2,2-5H3. The van der Waals surface area contributed by atoms with Crippen LogP contribution < -0.4 is 14.2 Å². The third-order valence-electron chi connectivity index (χ3n) is 5.99. The summed E-state index contributed by atoms with van der Waals surface area (Å²) in [6.07, 6.45) is 7.72. The molecule has 0 radical (unpaired) electrons. The van der Waals surface area contributed by atoms with Crippen molar-refractivity contribution in [1.82, 2.24) is 19.7 Å². The third-order valence-corrected chi connectivity index (χ3v) is 9.05. The molecule has 222 valence electrons. The molecular weight excluding hydrogens is 591 g/mol. The monoisotopic (exact) mass is 619 g/mol. The predicted octanol–water partition coefficient (Wildman–Crippen LogP) is 4.93. The predicted molar refractivity (Wildman–Crippen MR) is 152 cm³/mol. The van der Waals surface area contributed by atoms with Gasteiger partial charge in [0.25, 0.3) is 10.0 Å². The number of rotatable bonds is 12. The van der Waals surface area contributed by atoms with E-state index in [2.05, 4.69) is 40.6 Å². The molecule has 1 N–H and O–H groups in total. The molecule has 4 rings (SSSR count). The summed E-state index contributed by atoms with van der Waals surface area (Å²) in [5, 5.41) is 4.82. The van der Waals surface area contributed by atoms with E-state index in [0.29, 0.717) is 23.7 Å². The van der Waals surface area contributed by atoms with Crippen molar-refractivity contribution in [3.8, 4) is 24.0 Å². The zero-order valence-electron chi connectivity index (χ0n) is 23.2. The van der Waals surface area contributed by atoms with Crippen molar-refractivity contribution in [2.75, 3.05) is 18.4 Å². The molecule has 3 heterocycles. The Labute approximate surface area is 241 Å². The number of hydrogen-bond acceptors (Lipinski definition) is 8. The van der Waals surface area contributed by atoms with E-state index in [4.69, 9.17) is 20.6 Å². The Hall–Kier alpha value is -4.13. The molecule has 0 aliphatic carbocycles. The van der Waals surface area contributed by atoms with Crippen LogP contribution >= 0.6 is 0 Å². The van der Waals surface area contributed by atoms with Gasteiger partial charge in [-0.2, -0.15) is 5.10 Å². The summed E-state index contributed by atoms with van der Waals surface area (Å²) >= 11 is 0. The number of pyridine rings is 2. The largest absolute Gasteiger partial charge is 0.487 e.